The van der Waals surface area contributed by atoms with Crippen LogP contribution in [0.5, 0.6) is 0 Å². The van der Waals surface area contributed by atoms with Crippen molar-refractivity contribution in [1.29, 1.82) is 0 Å². The summed E-state index contributed by atoms with van der Waals surface area (Å²) in [6, 6.07) is 0. The van der Waals surface area contributed by atoms with Gasteiger partial charge in [0.15, 0.2) is 0 Å². The van der Waals surface area contributed by atoms with Crippen LogP contribution < -0.4 is 11.1 Å². The lowest BCUT2D eigenvalue weighted by atomic mass is 9.54. The molecule has 0 aromatic carbocycles. The van der Waals surface area contributed by atoms with Crippen molar-refractivity contribution in [2.24, 2.45) is 11.1 Å². The highest BCUT2D eigenvalue weighted by Crippen LogP contribution is 2.49. The van der Waals surface area contributed by atoms with Crippen LogP contribution in [0, 0.1) is 5.41 Å². The molecule has 0 radical (unpaired) electrons. The Bertz CT molecular complexity index is 294. The highest BCUT2D eigenvalue weighted by Gasteiger charge is 2.58. The maximum Gasteiger partial charge on any atom is 0.389 e. The molecule has 0 amide bonds. The summed E-state index contributed by atoms with van der Waals surface area (Å²) >= 11 is 0. The molecule has 1 aliphatic rings. The van der Waals surface area contributed by atoms with Crippen LogP contribution in [0.1, 0.15) is 40.0 Å². The molecule has 114 valence electrons. The number of hydrogen-bond acceptors (Lipinski definition) is 3. The van der Waals surface area contributed by atoms with Gasteiger partial charge in [0.25, 0.3) is 0 Å². The standard InChI is InChI=1S/C13H25F3N2O/c1-4-19-10-8-12(17,11(10,2)3)9-18-7-5-6-13(14,15)16/h10,18H,4-9,17H2,1-3H3. The van der Waals surface area contributed by atoms with Crippen molar-refractivity contribution in [3.63, 3.8) is 0 Å². The molecular formula is C13H25F3N2O. The fraction of sp³-hybridized carbons (Fsp3) is 1.00. The summed E-state index contributed by atoms with van der Waals surface area (Å²) in [6.07, 6.45) is -3.84. The van der Waals surface area contributed by atoms with E-state index in [9.17, 15) is 13.2 Å². The number of nitrogens with one attached hydrogen (secondary N) is 1. The first-order valence-corrected chi connectivity index (χ1v) is 6.80. The van der Waals surface area contributed by atoms with Crippen LogP contribution in [0.3, 0.4) is 0 Å². The van der Waals surface area contributed by atoms with Gasteiger partial charge in [0.05, 0.1) is 6.10 Å². The van der Waals surface area contributed by atoms with Gasteiger partial charge in [-0.1, -0.05) is 13.8 Å². The maximum atomic E-state index is 12.0. The summed E-state index contributed by atoms with van der Waals surface area (Å²) in [5.74, 6) is 0. The molecule has 0 spiro atoms. The Kier molecular flexibility index (Phi) is 5.26. The zero-order valence-corrected chi connectivity index (χ0v) is 11.9. The molecule has 3 nitrogen and oxygen atoms in total. The van der Waals surface area contributed by atoms with Crippen molar-refractivity contribution in [1.82, 2.24) is 5.32 Å². The van der Waals surface area contributed by atoms with E-state index in [-0.39, 0.29) is 17.9 Å². The molecule has 1 rings (SSSR count). The van der Waals surface area contributed by atoms with Gasteiger partial charge >= 0.3 is 6.18 Å². The van der Waals surface area contributed by atoms with Crippen molar-refractivity contribution in [2.75, 3.05) is 19.7 Å². The van der Waals surface area contributed by atoms with Gasteiger partial charge in [0.1, 0.15) is 0 Å². The molecule has 3 N–H and O–H groups in total. The van der Waals surface area contributed by atoms with Crippen LogP contribution in [-0.2, 0) is 4.74 Å². The molecular weight excluding hydrogens is 257 g/mol. The molecule has 0 saturated heterocycles. The van der Waals surface area contributed by atoms with Gasteiger partial charge in [-0.25, -0.2) is 0 Å². The zero-order chi connectivity index (χ0) is 14.7. The summed E-state index contributed by atoms with van der Waals surface area (Å²) in [6.45, 7) is 7.57. The lowest BCUT2D eigenvalue weighted by Gasteiger charge is -2.59. The van der Waals surface area contributed by atoms with Crippen molar-refractivity contribution in [3.05, 3.63) is 0 Å². The zero-order valence-electron chi connectivity index (χ0n) is 11.9. The minimum absolute atomic E-state index is 0.0922. The van der Waals surface area contributed by atoms with Gasteiger partial charge in [0, 0.05) is 30.5 Å². The molecule has 1 aliphatic carbocycles. The normalized spacial score (nSPS) is 30.2. The third-order valence-corrected chi connectivity index (χ3v) is 4.26. The molecule has 0 aromatic rings. The maximum absolute atomic E-state index is 12.0. The van der Waals surface area contributed by atoms with Crippen LogP contribution in [0.2, 0.25) is 0 Å². The van der Waals surface area contributed by atoms with E-state index in [1.807, 2.05) is 20.8 Å². The minimum atomic E-state index is -4.07. The fourth-order valence-corrected chi connectivity index (χ4v) is 2.53. The summed E-state index contributed by atoms with van der Waals surface area (Å²) in [5, 5.41) is 3.04. The lowest BCUT2D eigenvalue weighted by molar-refractivity contribution is -0.148. The molecule has 0 heterocycles. The van der Waals surface area contributed by atoms with Gasteiger partial charge in [-0.3, -0.25) is 0 Å². The predicted molar refractivity (Wildman–Crippen MR) is 68.9 cm³/mol. The molecule has 1 fully saturated rings. The highest BCUT2D eigenvalue weighted by molar-refractivity contribution is 5.14. The smallest absolute Gasteiger partial charge is 0.378 e. The van der Waals surface area contributed by atoms with Gasteiger partial charge in [0.2, 0.25) is 0 Å². The summed E-state index contributed by atoms with van der Waals surface area (Å²) < 4.78 is 41.6. The highest BCUT2D eigenvalue weighted by atomic mass is 19.4. The van der Waals surface area contributed by atoms with Gasteiger partial charge < -0.3 is 15.8 Å². The number of ether oxygens (including phenoxy) is 1. The Hall–Kier alpha value is -0.330. The molecule has 6 heteroatoms. The Morgan fingerprint density at radius 1 is 1.37 bits per heavy atom. The third-order valence-electron chi connectivity index (χ3n) is 4.26. The van der Waals surface area contributed by atoms with Crippen molar-refractivity contribution < 1.29 is 17.9 Å². The minimum Gasteiger partial charge on any atom is -0.378 e. The SMILES string of the molecule is CCOC1CC(N)(CNCCCC(F)(F)F)C1(C)C. The van der Waals surface area contributed by atoms with E-state index >= 15 is 0 Å². The van der Waals surface area contributed by atoms with E-state index in [4.69, 9.17) is 10.5 Å². The van der Waals surface area contributed by atoms with Gasteiger partial charge in [-0.05, 0) is 26.3 Å². The van der Waals surface area contributed by atoms with E-state index in [1.165, 1.54) is 0 Å². The summed E-state index contributed by atoms with van der Waals surface area (Å²) in [4.78, 5) is 0. The first-order valence-electron chi connectivity index (χ1n) is 6.80. The van der Waals surface area contributed by atoms with E-state index in [2.05, 4.69) is 5.32 Å². The number of hydrogen-bond donors (Lipinski definition) is 2. The van der Waals surface area contributed by atoms with Crippen LogP contribution >= 0.6 is 0 Å². The van der Waals surface area contributed by atoms with Crippen molar-refractivity contribution in [2.45, 2.75) is 57.9 Å². The van der Waals surface area contributed by atoms with Crippen molar-refractivity contribution in [3.8, 4) is 0 Å². The second-order valence-corrected chi connectivity index (χ2v) is 5.92. The van der Waals surface area contributed by atoms with Gasteiger partial charge in [-0.15, -0.1) is 0 Å². The summed E-state index contributed by atoms with van der Waals surface area (Å²) in [7, 11) is 0. The predicted octanol–water partition coefficient (Wildman–Crippen LogP) is 2.45. The third kappa shape index (κ3) is 4.07. The topological polar surface area (TPSA) is 47.3 Å². The quantitative estimate of drug-likeness (QED) is 0.705. The fourth-order valence-electron chi connectivity index (χ4n) is 2.53. The Balaban J connectivity index is 2.26. The number of halogens is 3. The van der Waals surface area contributed by atoms with Crippen LogP contribution in [-0.4, -0.2) is 37.5 Å². The second kappa shape index (κ2) is 5.97. The molecule has 0 aliphatic heterocycles. The number of nitrogens with two attached hydrogens (primary N) is 1. The Morgan fingerprint density at radius 2 is 2.00 bits per heavy atom. The number of rotatable bonds is 7. The Labute approximate surface area is 113 Å². The molecule has 0 bridgehead atoms. The summed E-state index contributed by atoms with van der Waals surface area (Å²) in [5.41, 5.74) is 5.75. The van der Waals surface area contributed by atoms with Crippen LogP contribution in [0.4, 0.5) is 13.2 Å². The Morgan fingerprint density at radius 3 is 2.47 bits per heavy atom. The molecule has 2 atom stereocenters. The van der Waals surface area contributed by atoms with E-state index in [0.29, 0.717) is 19.7 Å². The van der Waals surface area contributed by atoms with Gasteiger partial charge in [-0.2, -0.15) is 13.2 Å². The average molecular weight is 282 g/mol. The second-order valence-electron chi connectivity index (χ2n) is 5.92. The van der Waals surface area contributed by atoms with E-state index in [1.54, 1.807) is 0 Å². The van der Waals surface area contributed by atoms with Crippen LogP contribution in [0.25, 0.3) is 0 Å². The lowest BCUT2D eigenvalue weighted by Crippen LogP contribution is -2.73. The first-order chi connectivity index (χ1) is 8.62. The largest absolute Gasteiger partial charge is 0.389 e. The molecule has 0 aromatic heterocycles. The molecule has 1 saturated carbocycles. The van der Waals surface area contributed by atoms with Crippen molar-refractivity contribution >= 4 is 0 Å². The monoisotopic (exact) mass is 282 g/mol. The van der Waals surface area contributed by atoms with E-state index < -0.39 is 18.1 Å². The first kappa shape index (κ1) is 16.7. The van der Waals surface area contributed by atoms with E-state index in [0.717, 1.165) is 6.42 Å². The molecule has 19 heavy (non-hydrogen) atoms. The average Bonchev–Trinajstić information content (AvgIpc) is 2.26. The molecule has 2 unspecified atom stereocenters. The number of alkyl halides is 3. The van der Waals surface area contributed by atoms with Crippen LogP contribution in [0.15, 0.2) is 0 Å².